The molecule has 28 heavy (non-hydrogen) atoms. The molecule has 0 aliphatic carbocycles. The molecule has 1 aromatic carbocycles. The molecule has 0 fully saturated rings. The highest BCUT2D eigenvalue weighted by Gasteiger charge is 2.14. The Morgan fingerprint density at radius 1 is 1.07 bits per heavy atom. The Morgan fingerprint density at radius 2 is 1.86 bits per heavy atom. The lowest BCUT2D eigenvalue weighted by molar-refractivity contribution is -0.113. The van der Waals surface area contributed by atoms with E-state index in [1.54, 1.807) is 4.68 Å². The molecule has 9 heteroatoms. The van der Waals surface area contributed by atoms with Gasteiger partial charge >= 0.3 is 0 Å². The van der Waals surface area contributed by atoms with Crippen LogP contribution < -0.4 is 5.32 Å². The van der Waals surface area contributed by atoms with Gasteiger partial charge in [0.15, 0.2) is 5.16 Å². The van der Waals surface area contributed by atoms with Crippen molar-refractivity contribution in [1.29, 1.82) is 0 Å². The Labute approximate surface area is 166 Å². The molecule has 1 amide bonds. The van der Waals surface area contributed by atoms with Crippen molar-refractivity contribution in [1.82, 2.24) is 29.4 Å². The zero-order valence-electron chi connectivity index (χ0n) is 15.7. The second-order valence-electron chi connectivity index (χ2n) is 6.41. The molecule has 0 unspecified atom stereocenters. The number of hydrogen-bond acceptors (Lipinski definition) is 6. The second-order valence-corrected chi connectivity index (χ2v) is 7.35. The van der Waals surface area contributed by atoms with Gasteiger partial charge in [-0.25, -0.2) is 9.67 Å². The summed E-state index contributed by atoms with van der Waals surface area (Å²) in [6.45, 7) is 5.78. The molecule has 0 aliphatic rings. The minimum atomic E-state index is -0.142. The minimum absolute atomic E-state index is 0.142. The zero-order chi connectivity index (χ0) is 19.7. The first kappa shape index (κ1) is 18.2. The van der Waals surface area contributed by atoms with Crippen molar-refractivity contribution in [3.05, 3.63) is 59.5 Å². The average Bonchev–Trinajstić information content (AvgIpc) is 3.24. The maximum absolute atomic E-state index is 12.5. The van der Waals surface area contributed by atoms with Gasteiger partial charge in [-0.2, -0.15) is 5.10 Å². The average molecular weight is 393 g/mol. The van der Waals surface area contributed by atoms with Crippen molar-refractivity contribution >= 4 is 29.3 Å². The van der Waals surface area contributed by atoms with Crippen LogP contribution in [0.5, 0.6) is 0 Å². The van der Waals surface area contributed by atoms with Crippen LogP contribution in [0.4, 0.5) is 5.82 Å². The molecule has 4 aromatic rings. The number of benzene rings is 1. The Bertz CT molecular complexity index is 1150. The largest absolute Gasteiger partial charge is 0.310 e. The number of thioether (sulfide) groups is 1. The van der Waals surface area contributed by atoms with Crippen LogP contribution in [0.2, 0.25) is 0 Å². The van der Waals surface area contributed by atoms with Crippen LogP contribution in [0.3, 0.4) is 0 Å². The Morgan fingerprint density at radius 3 is 2.64 bits per heavy atom. The number of nitrogens with one attached hydrogen (secondary N) is 1. The van der Waals surface area contributed by atoms with Crippen LogP contribution in [0, 0.1) is 20.8 Å². The Hall–Kier alpha value is -3.20. The summed E-state index contributed by atoms with van der Waals surface area (Å²) in [6, 6.07) is 13.5. The van der Waals surface area contributed by atoms with Gasteiger partial charge in [0.1, 0.15) is 5.82 Å². The summed E-state index contributed by atoms with van der Waals surface area (Å²) in [5.74, 6) is 1.23. The molecule has 0 radical (unpaired) electrons. The van der Waals surface area contributed by atoms with Crippen LogP contribution in [0.1, 0.15) is 17.1 Å². The molecule has 0 bridgehead atoms. The predicted octanol–water partition coefficient (Wildman–Crippen LogP) is 2.97. The van der Waals surface area contributed by atoms with E-state index in [9.17, 15) is 4.79 Å². The van der Waals surface area contributed by atoms with Crippen molar-refractivity contribution in [2.24, 2.45) is 0 Å². The molecule has 0 spiro atoms. The molecule has 3 aromatic heterocycles. The quantitative estimate of drug-likeness (QED) is 0.524. The highest BCUT2D eigenvalue weighted by atomic mass is 32.2. The smallest absolute Gasteiger partial charge is 0.256 e. The SMILES string of the molecule is Cc1cc(C)n2c(SCC(=O)Nc3cc(C)nn3-c3ccccc3)nnc2n1. The third-order valence-corrected chi connectivity index (χ3v) is 5.02. The number of rotatable bonds is 5. The predicted molar refractivity (Wildman–Crippen MR) is 108 cm³/mol. The van der Waals surface area contributed by atoms with E-state index in [4.69, 9.17) is 0 Å². The zero-order valence-corrected chi connectivity index (χ0v) is 16.6. The fourth-order valence-electron chi connectivity index (χ4n) is 2.96. The Kier molecular flexibility index (Phi) is 4.82. The minimum Gasteiger partial charge on any atom is -0.310 e. The standard InChI is InChI=1S/C19H19N7OS/c1-12-9-14(3)25-18(20-12)22-23-19(25)28-11-17(27)21-16-10-13(2)24-26(16)15-7-5-4-6-8-15/h4-10H,11H2,1-3H3,(H,21,27). The summed E-state index contributed by atoms with van der Waals surface area (Å²) in [7, 11) is 0. The van der Waals surface area contributed by atoms with Crippen molar-refractivity contribution < 1.29 is 4.79 Å². The highest BCUT2D eigenvalue weighted by molar-refractivity contribution is 7.99. The monoisotopic (exact) mass is 393 g/mol. The van der Waals surface area contributed by atoms with Gasteiger partial charge < -0.3 is 5.32 Å². The molecular formula is C19H19N7OS. The molecular weight excluding hydrogens is 374 g/mol. The van der Waals surface area contributed by atoms with E-state index >= 15 is 0 Å². The normalized spacial score (nSPS) is 11.1. The van der Waals surface area contributed by atoms with E-state index in [0.29, 0.717) is 16.8 Å². The van der Waals surface area contributed by atoms with Gasteiger partial charge in [0.25, 0.3) is 5.78 Å². The lowest BCUT2D eigenvalue weighted by Gasteiger charge is -2.08. The van der Waals surface area contributed by atoms with E-state index in [2.05, 4.69) is 25.6 Å². The van der Waals surface area contributed by atoms with Crippen LogP contribution in [0.25, 0.3) is 11.5 Å². The third kappa shape index (κ3) is 3.61. The van der Waals surface area contributed by atoms with E-state index in [-0.39, 0.29) is 11.7 Å². The summed E-state index contributed by atoms with van der Waals surface area (Å²) < 4.78 is 3.57. The first-order valence-electron chi connectivity index (χ1n) is 8.75. The molecule has 0 saturated carbocycles. The van der Waals surface area contributed by atoms with Crippen molar-refractivity contribution in [3.63, 3.8) is 0 Å². The number of aromatic nitrogens is 6. The Balaban J connectivity index is 1.49. The maximum Gasteiger partial charge on any atom is 0.256 e. The number of aryl methyl sites for hydroxylation is 3. The summed E-state index contributed by atoms with van der Waals surface area (Å²) in [6.07, 6.45) is 0. The maximum atomic E-state index is 12.5. The lowest BCUT2D eigenvalue weighted by atomic mass is 10.3. The van der Waals surface area contributed by atoms with Gasteiger partial charge in [0.2, 0.25) is 5.91 Å². The van der Waals surface area contributed by atoms with Gasteiger partial charge in [-0.15, -0.1) is 10.2 Å². The highest BCUT2D eigenvalue weighted by Crippen LogP contribution is 2.20. The van der Waals surface area contributed by atoms with E-state index in [1.807, 2.05) is 67.6 Å². The van der Waals surface area contributed by atoms with Gasteiger partial charge in [0.05, 0.1) is 17.1 Å². The first-order valence-corrected chi connectivity index (χ1v) is 9.74. The number of nitrogens with zero attached hydrogens (tertiary/aromatic N) is 6. The molecule has 0 saturated heterocycles. The molecule has 0 aliphatic heterocycles. The van der Waals surface area contributed by atoms with Gasteiger partial charge in [-0.1, -0.05) is 30.0 Å². The van der Waals surface area contributed by atoms with Crippen LogP contribution >= 0.6 is 11.8 Å². The molecule has 142 valence electrons. The number of carbonyl (C=O) groups is 1. The third-order valence-electron chi connectivity index (χ3n) is 4.10. The number of hydrogen-bond donors (Lipinski definition) is 1. The summed E-state index contributed by atoms with van der Waals surface area (Å²) in [5, 5.41) is 16.3. The van der Waals surface area contributed by atoms with E-state index in [0.717, 1.165) is 22.8 Å². The number of para-hydroxylation sites is 1. The van der Waals surface area contributed by atoms with Crippen molar-refractivity contribution in [3.8, 4) is 5.69 Å². The van der Waals surface area contributed by atoms with Gasteiger partial charge in [0, 0.05) is 17.5 Å². The number of anilines is 1. The van der Waals surface area contributed by atoms with Crippen LogP contribution in [-0.2, 0) is 4.79 Å². The molecule has 4 rings (SSSR count). The number of fused-ring (bicyclic) bond motifs is 1. The van der Waals surface area contributed by atoms with E-state index < -0.39 is 0 Å². The molecule has 3 heterocycles. The van der Waals surface area contributed by atoms with Gasteiger partial charge in [-0.05, 0) is 39.0 Å². The summed E-state index contributed by atoms with van der Waals surface area (Å²) >= 11 is 1.32. The van der Waals surface area contributed by atoms with Crippen LogP contribution in [0.15, 0.2) is 47.6 Å². The summed E-state index contributed by atoms with van der Waals surface area (Å²) in [4.78, 5) is 16.9. The molecule has 1 N–H and O–H groups in total. The molecule has 0 atom stereocenters. The number of amides is 1. The van der Waals surface area contributed by atoms with E-state index in [1.165, 1.54) is 11.8 Å². The number of carbonyl (C=O) groups excluding carboxylic acids is 1. The fourth-order valence-corrected chi connectivity index (χ4v) is 3.74. The fraction of sp³-hybridized carbons (Fsp3) is 0.211. The van der Waals surface area contributed by atoms with Gasteiger partial charge in [-0.3, -0.25) is 9.20 Å². The second kappa shape index (κ2) is 7.43. The van der Waals surface area contributed by atoms with Crippen molar-refractivity contribution in [2.45, 2.75) is 25.9 Å². The first-order chi connectivity index (χ1) is 13.5. The molecule has 8 nitrogen and oxygen atoms in total. The summed E-state index contributed by atoms with van der Waals surface area (Å²) in [5.41, 5.74) is 3.58. The lowest BCUT2D eigenvalue weighted by Crippen LogP contribution is -2.17. The van der Waals surface area contributed by atoms with Crippen LogP contribution in [-0.4, -0.2) is 41.0 Å². The van der Waals surface area contributed by atoms with Crippen molar-refractivity contribution in [2.75, 3.05) is 11.1 Å². The topological polar surface area (TPSA) is 90.0 Å².